The molecule has 3 aliphatic heterocycles. The number of piperidine rings is 2. The second kappa shape index (κ2) is 7.40. The first-order valence-electron chi connectivity index (χ1n) is 9.78. The fourth-order valence-corrected chi connectivity index (χ4v) is 4.55. The Kier molecular flexibility index (Phi) is 4.97. The Bertz CT molecular complexity index is 778. The first-order chi connectivity index (χ1) is 13.1. The molecule has 0 aromatic heterocycles. The van der Waals surface area contributed by atoms with Crippen LogP contribution in [0.4, 0.5) is 0 Å². The van der Waals surface area contributed by atoms with Gasteiger partial charge >= 0.3 is 0 Å². The summed E-state index contributed by atoms with van der Waals surface area (Å²) in [6.45, 7) is 2.88. The highest BCUT2D eigenvalue weighted by atomic mass is 16.2. The van der Waals surface area contributed by atoms with E-state index in [1.807, 2.05) is 12.1 Å². The van der Waals surface area contributed by atoms with Crippen LogP contribution < -0.4 is 11.1 Å². The summed E-state index contributed by atoms with van der Waals surface area (Å²) in [6.07, 6.45) is 4.17. The minimum Gasteiger partial charge on any atom is -0.329 e. The summed E-state index contributed by atoms with van der Waals surface area (Å²) >= 11 is 0. The van der Waals surface area contributed by atoms with Gasteiger partial charge in [-0.25, -0.2) is 0 Å². The molecule has 3 N–H and O–H groups in total. The van der Waals surface area contributed by atoms with Crippen LogP contribution in [-0.4, -0.2) is 52.7 Å². The van der Waals surface area contributed by atoms with Crippen LogP contribution >= 0.6 is 0 Å². The maximum atomic E-state index is 12.9. The fraction of sp³-hybridized carbons (Fsp3) is 0.550. The second-order valence-electron chi connectivity index (χ2n) is 7.70. The van der Waals surface area contributed by atoms with Gasteiger partial charge in [0.15, 0.2) is 0 Å². The minimum atomic E-state index is -0.567. The first kappa shape index (κ1) is 18.1. The average Bonchev–Trinajstić information content (AvgIpc) is 3.00. The van der Waals surface area contributed by atoms with Crippen molar-refractivity contribution in [3.8, 4) is 0 Å². The maximum absolute atomic E-state index is 12.9. The number of carbonyl (C=O) groups is 3. The zero-order chi connectivity index (χ0) is 19.0. The molecule has 0 aliphatic carbocycles. The van der Waals surface area contributed by atoms with Crippen molar-refractivity contribution in [2.45, 2.75) is 57.3 Å². The van der Waals surface area contributed by atoms with E-state index in [-0.39, 0.29) is 24.1 Å². The van der Waals surface area contributed by atoms with E-state index >= 15 is 0 Å². The summed E-state index contributed by atoms with van der Waals surface area (Å²) in [5.74, 6) is -0.748. The van der Waals surface area contributed by atoms with E-state index in [0.717, 1.165) is 30.6 Å². The third-order valence-corrected chi connectivity index (χ3v) is 6.07. The van der Waals surface area contributed by atoms with Gasteiger partial charge in [-0.15, -0.1) is 0 Å². The van der Waals surface area contributed by atoms with E-state index in [1.54, 1.807) is 4.90 Å². The number of benzene rings is 1. The summed E-state index contributed by atoms with van der Waals surface area (Å²) in [5.41, 5.74) is 8.77. The molecule has 7 nitrogen and oxygen atoms in total. The van der Waals surface area contributed by atoms with Crippen molar-refractivity contribution in [3.05, 3.63) is 34.9 Å². The molecule has 0 bridgehead atoms. The van der Waals surface area contributed by atoms with Crippen LogP contribution in [0.5, 0.6) is 0 Å². The van der Waals surface area contributed by atoms with Crippen LogP contribution in [0.3, 0.4) is 0 Å². The highest BCUT2D eigenvalue weighted by Gasteiger charge is 2.40. The Morgan fingerprint density at radius 1 is 1.15 bits per heavy atom. The van der Waals surface area contributed by atoms with E-state index in [2.05, 4.69) is 16.3 Å². The molecule has 1 aromatic carbocycles. The maximum Gasteiger partial charge on any atom is 0.255 e. The number of likely N-dealkylation sites (tertiary alicyclic amines) is 1. The van der Waals surface area contributed by atoms with Crippen molar-refractivity contribution in [3.63, 3.8) is 0 Å². The average molecular weight is 370 g/mol. The van der Waals surface area contributed by atoms with Gasteiger partial charge in [0.25, 0.3) is 5.91 Å². The van der Waals surface area contributed by atoms with Crippen molar-refractivity contribution < 1.29 is 14.4 Å². The summed E-state index contributed by atoms with van der Waals surface area (Å²) in [5, 5.41) is 2.35. The zero-order valence-corrected chi connectivity index (χ0v) is 15.4. The number of imide groups is 1. The predicted octanol–water partition coefficient (Wildman–Crippen LogP) is 0.761. The van der Waals surface area contributed by atoms with E-state index in [0.29, 0.717) is 31.1 Å². The molecule has 1 aromatic rings. The van der Waals surface area contributed by atoms with Gasteiger partial charge < -0.3 is 10.6 Å². The van der Waals surface area contributed by atoms with Crippen LogP contribution in [-0.2, 0) is 22.7 Å². The molecule has 2 saturated heterocycles. The second-order valence-corrected chi connectivity index (χ2v) is 7.70. The molecule has 2 atom stereocenters. The SMILES string of the molecule is NC[C@H]1CCCCN1Cc1cccc2c1CN(C1CCC(=O)NC1=O)C2=O. The smallest absolute Gasteiger partial charge is 0.255 e. The highest BCUT2D eigenvalue weighted by Crippen LogP contribution is 2.31. The van der Waals surface area contributed by atoms with Crippen molar-refractivity contribution in [1.82, 2.24) is 15.1 Å². The summed E-state index contributed by atoms with van der Waals surface area (Å²) in [4.78, 5) is 40.6. The zero-order valence-electron chi connectivity index (χ0n) is 15.4. The van der Waals surface area contributed by atoms with Gasteiger partial charge in [0.05, 0.1) is 0 Å². The van der Waals surface area contributed by atoms with Crippen molar-refractivity contribution in [1.29, 1.82) is 0 Å². The van der Waals surface area contributed by atoms with Crippen LogP contribution in [0.2, 0.25) is 0 Å². The van der Waals surface area contributed by atoms with E-state index < -0.39 is 6.04 Å². The lowest BCUT2D eigenvalue weighted by molar-refractivity contribution is -0.136. The largest absolute Gasteiger partial charge is 0.329 e. The standard InChI is InChI=1S/C20H26N4O3/c21-10-14-5-1-2-9-23(14)11-13-4-3-6-15-16(13)12-24(20(15)27)17-7-8-18(25)22-19(17)26/h3-4,6,14,17H,1-2,5,7-12,21H2,(H,22,25,26)/t14-,17?/m1/s1. The Balaban J connectivity index is 1.56. The van der Waals surface area contributed by atoms with Gasteiger partial charge in [0.2, 0.25) is 11.8 Å². The Labute approximate surface area is 158 Å². The quantitative estimate of drug-likeness (QED) is 0.763. The normalized spacial score (nSPS) is 26.3. The lowest BCUT2D eigenvalue weighted by Crippen LogP contribution is -2.52. The van der Waals surface area contributed by atoms with E-state index in [9.17, 15) is 14.4 Å². The number of hydrogen-bond donors (Lipinski definition) is 2. The lowest BCUT2D eigenvalue weighted by Gasteiger charge is -2.35. The van der Waals surface area contributed by atoms with E-state index in [4.69, 9.17) is 5.73 Å². The highest BCUT2D eigenvalue weighted by molar-refractivity contribution is 6.05. The van der Waals surface area contributed by atoms with E-state index in [1.165, 1.54) is 12.8 Å². The topological polar surface area (TPSA) is 95.7 Å². The Hall–Kier alpha value is -2.25. The molecule has 0 radical (unpaired) electrons. The Morgan fingerprint density at radius 3 is 2.78 bits per heavy atom. The van der Waals surface area contributed by atoms with Gasteiger partial charge in [-0.2, -0.15) is 0 Å². The van der Waals surface area contributed by atoms with Crippen molar-refractivity contribution >= 4 is 17.7 Å². The van der Waals surface area contributed by atoms with Crippen molar-refractivity contribution in [2.75, 3.05) is 13.1 Å². The molecule has 144 valence electrons. The number of fused-ring (bicyclic) bond motifs is 1. The molecule has 2 fully saturated rings. The number of amides is 3. The predicted molar refractivity (Wildman–Crippen MR) is 99.6 cm³/mol. The van der Waals surface area contributed by atoms with Crippen LogP contribution in [0.1, 0.15) is 53.6 Å². The number of carbonyl (C=O) groups excluding carboxylic acids is 3. The molecule has 3 heterocycles. The molecule has 3 aliphatic rings. The minimum absolute atomic E-state index is 0.115. The third-order valence-electron chi connectivity index (χ3n) is 6.07. The Morgan fingerprint density at radius 2 is 2.00 bits per heavy atom. The molecular weight excluding hydrogens is 344 g/mol. The monoisotopic (exact) mass is 370 g/mol. The number of nitrogens with one attached hydrogen (secondary N) is 1. The van der Waals surface area contributed by atoms with Gasteiger partial charge in [-0.1, -0.05) is 18.6 Å². The number of hydrogen-bond acceptors (Lipinski definition) is 5. The fourth-order valence-electron chi connectivity index (χ4n) is 4.55. The number of nitrogens with two attached hydrogens (primary N) is 1. The van der Waals surface area contributed by atoms with Gasteiger partial charge in [0, 0.05) is 37.7 Å². The van der Waals surface area contributed by atoms with Crippen LogP contribution in [0.25, 0.3) is 0 Å². The van der Waals surface area contributed by atoms with Gasteiger partial charge in [0.1, 0.15) is 6.04 Å². The lowest BCUT2D eigenvalue weighted by atomic mass is 9.98. The first-order valence-corrected chi connectivity index (χ1v) is 9.78. The summed E-state index contributed by atoms with van der Waals surface area (Å²) < 4.78 is 0. The molecule has 0 spiro atoms. The molecule has 7 heteroatoms. The van der Waals surface area contributed by atoms with Gasteiger partial charge in [-0.3, -0.25) is 24.6 Å². The van der Waals surface area contributed by atoms with Crippen molar-refractivity contribution in [2.24, 2.45) is 5.73 Å². The molecule has 3 amide bonds. The molecule has 0 saturated carbocycles. The number of rotatable bonds is 4. The summed E-state index contributed by atoms with van der Waals surface area (Å²) in [7, 11) is 0. The number of nitrogens with zero attached hydrogens (tertiary/aromatic N) is 2. The van der Waals surface area contributed by atoms with Gasteiger partial charge in [-0.05, 0) is 43.0 Å². The third kappa shape index (κ3) is 3.37. The molecular formula is C20H26N4O3. The van der Waals surface area contributed by atoms with Crippen LogP contribution in [0.15, 0.2) is 18.2 Å². The van der Waals surface area contributed by atoms with Crippen LogP contribution in [0, 0.1) is 0 Å². The molecule has 1 unspecified atom stereocenters. The molecule has 4 rings (SSSR count). The summed E-state index contributed by atoms with van der Waals surface area (Å²) in [6, 6.07) is 5.65. The molecule has 27 heavy (non-hydrogen) atoms.